The van der Waals surface area contributed by atoms with Gasteiger partial charge in [0.25, 0.3) is 0 Å². The summed E-state index contributed by atoms with van der Waals surface area (Å²) in [5.74, 6) is -0.0722. The van der Waals surface area contributed by atoms with Crippen LogP contribution in [-0.2, 0) is 4.79 Å². The highest BCUT2D eigenvalue weighted by atomic mass is 35.5. The van der Waals surface area contributed by atoms with Gasteiger partial charge in [-0.1, -0.05) is 18.5 Å². The topological polar surface area (TPSA) is 54.0 Å². The van der Waals surface area contributed by atoms with Gasteiger partial charge >= 0.3 is 0 Å². The van der Waals surface area contributed by atoms with E-state index in [4.69, 9.17) is 11.6 Å². The van der Waals surface area contributed by atoms with E-state index >= 15 is 0 Å². The van der Waals surface area contributed by atoms with E-state index in [1.165, 1.54) is 0 Å². The molecule has 0 saturated heterocycles. The van der Waals surface area contributed by atoms with Gasteiger partial charge in [0.1, 0.15) is 5.15 Å². The number of amides is 1. The quantitative estimate of drug-likeness (QED) is 0.612. The Hall–Kier alpha value is -1.13. The predicted octanol–water partition coefficient (Wildman–Crippen LogP) is 1.98. The maximum Gasteiger partial charge on any atom is 0.238 e. The van der Waals surface area contributed by atoms with Crippen LogP contribution in [0.15, 0.2) is 12.3 Å². The Balaban J connectivity index is 2.46. The van der Waals surface area contributed by atoms with Crippen LogP contribution in [0, 0.1) is 6.92 Å². The fraction of sp³-hybridized carbons (Fsp3) is 0.455. The first-order valence-corrected chi connectivity index (χ1v) is 5.64. The minimum absolute atomic E-state index is 0.0722. The van der Waals surface area contributed by atoms with Gasteiger partial charge < -0.3 is 10.6 Å². The highest BCUT2D eigenvalue weighted by Gasteiger charge is 2.03. The predicted molar refractivity (Wildman–Crippen MR) is 65.8 cm³/mol. The molecular formula is C11H16ClN3O. The van der Waals surface area contributed by atoms with Crippen molar-refractivity contribution in [2.24, 2.45) is 0 Å². The number of carbonyl (C=O) groups excluding carboxylic acids is 1. The smallest absolute Gasteiger partial charge is 0.238 e. The van der Waals surface area contributed by atoms with Crippen molar-refractivity contribution in [1.29, 1.82) is 0 Å². The molecule has 1 aromatic heterocycles. The van der Waals surface area contributed by atoms with Crippen LogP contribution in [0.5, 0.6) is 0 Å². The molecule has 0 aliphatic rings. The summed E-state index contributed by atoms with van der Waals surface area (Å²) >= 11 is 5.78. The Morgan fingerprint density at radius 1 is 1.56 bits per heavy atom. The largest absolute Gasteiger partial charge is 0.324 e. The number of rotatable bonds is 5. The van der Waals surface area contributed by atoms with E-state index in [0.29, 0.717) is 17.4 Å². The Bertz CT molecular complexity index is 368. The van der Waals surface area contributed by atoms with E-state index in [-0.39, 0.29) is 5.91 Å². The van der Waals surface area contributed by atoms with E-state index < -0.39 is 0 Å². The first kappa shape index (κ1) is 12.9. The molecule has 1 heterocycles. The second-order valence-electron chi connectivity index (χ2n) is 3.56. The SMILES string of the molecule is CCCNCC(=O)Nc1cnc(Cl)c(C)c1. The number of hydrogen-bond acceptors (Lipinski definition) is 3. The molecule has 0 saturated carbocycles. The van der Waals surface area contributed by atoms with Crippen molar-refractivity contribution in [3.63, 3.8) is 0 Å². The Labute approximate surface area is 100 Å². The van der Waals surface area contributed by atoms with Crippen LogP contribution in [0.3, 0.4) is 0 Å². The van der Waals surface area contributed by atoms with E-state index in [9.17, 15) is 4.79 Å². The Morgan fingerprint density at radius 2 is 2.31 bits per heavy atom. The zero-order valence-corrected chi connectivity index (χ0v) is 10.3. The molecule has 88 valence electrons. The van der Waals surface area contributed by atoms with Crippen molar-refractivity contribution in [2.75, 3.05) is 18.4 Å². The fourth-order valence-corrected chi connectivity index (χ4v) is 1.31. The summed E-state index contributed by atoms with van der Waals surface area (Å²) in [4.78, 5) is 15.4. The van der Waals surface area contributed by atoms with E-state index in [1.807, 2.05) is 6.92 Å². The van der Waals surface area contributed by atoms with Crippen molar-refractivity contribution >= 4 is 23.2 Å². The number of pyridine rings is 1. The summed E-state index contributed by atoms with van der Waals surface area (Å²) in [5.41, 5.74) is 1.52. The lowest BCUT2D eigenvalue weighted by Gasteiger charge is -2.06. The van der Waals surface area contributed by atoms with Crippen molar-refractivity contribution in [2.45, 2.75) is 20.3 Å². The average molecular weight is 242 g/mol. The molecule has 0 spiro atoms. The van der Waals surface area contributed by atoms with Crippen LogP contribution >= 0.6 is 11.6 Å². The molecule has 0 atom stereocenters. The molecule has 1 amide bonds. The number of carbonyl (C=O) groups is 1. The maximum atomic E-state index is 11.4. The van der Waals surface area contributed by atoms with Gasteiger partial charge in [0.2, 0.25) is 5.91 Å². The van der Waals surface area contributed by atoms with Gasteiger partial charge in [-0.3, -0.25) is 4.79 Å². The third-order valence-corrected chi connectivity index (χ3v) is 2.41. The van der Waals surface area contributed by atoms with Gasteiger partial charge in [-0.25, -0.2) is 4.98 Å². The molecule has 0 radical (unpaired) electrons. The van der Waals surface area contributed by atoms with Crippen molar-refractivity contribution in [3.05, 3.63) is 23.0 Å². The Morgan fingerprint density at radius 3 is 2.94 bits per heavy atom. The van der Waals surface area contributed by atoms with Crippen LogP contribution in [0.4, 0.5) is 5.69 Å². The second kappa shape index (κ2) is 6.45. The van der Waals surface area contributed by atoms with Gasteiger partial charge in [-0.15, -0.1) is 0 Å². The minimum Gasteiger partial charge on any atom is -0.324 e. The summed E-state index contributed by atoms with van der Waals surface area (Å²) in [6, 6.07) is 1.80. The van der Waals surface area contributed by atoms with Crippen molar-refractivity contribution in [1.82, 2.24) is 10.3 Å². The highest BCUT2D eigenvalue weighted by molar-refractivity contribution is 6.30. The van der Waals surface area contributed by atoms with Gasteiger partial charge in [0.15, 0.2) is 0 Å². The molecule has 4 nitrogen and oxygen atoms in total. The van der Waals surface area contributed by atoms with Crippen LogP contribution in [0.2, 0.25) is 5.15 Å². The van der Waals surface area contributed by atoms with Gasteiger partial charge in [0.05, 0.1) is 18.4 Å². The zero-order chi connectivity index (χ0) is 12.0. The average Bonchev–Trinajstić information content (AvgIpc) is 2.24. The molecule has 1 aromatic rings. The normalized spacial score (nSPS) is 10.2. The molecule has 16 heavy (non-hydrogen) atoms. The monoisotopic (exact) mass is 241 g/mol. The first-order chi connectivity index (χ1) is 7.63. The first-order valence-electron chi connectivity index (χ1n) is 5.26. The van der Waals surface area contributed by atoms with E-state index in [1.54, 1.807) is 12.3 Å². The van der Waals surface area contributed by atoms with E-state index in [2.05, 4.69) is 22.5 Å². The third kappa shape index (κ3) is 4.16. The number of nitrogens with zero attached hydrogens (tertiary/aromatic N) is 1. The van der Waals surface area contributed by atoms with Crippen molar-refractivity contribution in [3.8, 4) is 0 Å². The number of hydrogen-bond donors (Lipinski definition) is 2. The van der Waals surface area contributed by atoms with Gasteiger partial charge in [-0.2, -0.15) is 0 Å². The van der Waals surface area contributed by atoms with Crippen LogP contribution in [0.1, 0.15) is 18.9 Å². The van der Waals surface area contributed by atoms with Crippen molar-refractivity contribution < 1.29 is 4.79 Å². The van der Waals surface area contributed by atoms with Crippen LogP contribution < -0.4 is 10.6 Å². The summed E-state index contributed by atoms with van der Waals surface area (Å²) in [5, 5.41) is 6.23. The molecule has 2 N–H and O–H groups in total. The lowest BCUT2D eigenvalue weighted by molar-refractivity contribution is -0.115. The van der Waals surface area contributed by atoms with E-state index in [0.717, 1.165) is 18.5 Å². The molecule has 0 aliphatic heterocycles. The zero-order valence-electron chi connectivity index (χ0n) is 9.51. The molecule has 0 fully saturated rings. The lowest BCUT2D eigenvalue weighted by Crippen LogP contribution is -2.28. The van der Waals surface area contributed by atoms with Gasteiger partial charge in [0, 0.05) is 0 Å². The molecule has 0 unspecified atom stereocenters. The van der Waals surface area contributed by atoms with Crippen LogP contribution in [0.25, 0.3) is 0 Å². The van der Waals surface area contributed by atoms with Gasteiger partial charge in [-0.05, 0) is 31.5 Å². The molecule has 5 heteroatoms. The third-order valence-electron chi connectivity index (χ3n) is 2.01. The highest BCUT2D eigenvalue weighted by Crippen LogP contribution is 2.15. The molecule has 0 bridgehead atoms. The number of halogens is 1. The molecule has 0 aromatic carbocycles. The maximum absolute atomic E-state index is 11.4. The summed E-state index contributed by atoms with van der Waals surface area (Å²) < 4.78 is 0. The second-order valence-corrected chi connectivity index (χ2v) is 3.91. The Kier molecular flexibility index (Phi) is 5.22. The number of aromatic nitrogens is 1. The lowest BCUT2D eigenvalue weighted by atomic mass is 10.3. The van der Waals surface area contributed by atoms with Crippen LogP contribution in [-0.4, -0.2) is 24.0 Å². The molecular weight excluding hydrogens is 226 g/mol. The minimum atomic E-state index is -0.0722. The number of aryl methyl sites for hydroxylation is 1. The number of anilines is 1. The standard InChI is InChI=1S/C11H16ClN3O/c1-3-4-13-7-10(16)15-9-5-8(2)11(12)14-6-9/h5-6,13H,3-4,7H2,1-2H3,(H,15,16). The summed E-state index contributed by atoms with van der Waals surface area (Å²) in [6.07, 6.45) is 2.56. The number of nitrogens with one attached hydrogen (secondary N) is 2. The fourth-order valence-electron chi connectivity index (χ4n) is 1.21. The molecule has 1 rings (SSSR count). The summed E-state index contributed by atoms with van der Waals surface area (Å²) in [6.45, 7) is 5.05. The summed E-state index contributed by atoms with van der Waals surface area (Å²) in [7, 11) is 0. The molecule has 0 aliphatic carbocycles.